The Kier molecular flexibility index (Phi) is 4.66. The summed E-state index contributed by atoms with van der Waals surface area (Å²) in [6, 6.07) is 13.9. The van der Waals surface area contributed by atoms with Gasteiger partial charge in [0.1, 0.15) is 5.82 Å². The highest BCUT2D eigenvalue weighted by atomic mass is 19.1. The molecule has 2 rings (SSSR count). The number of halogens is 1. The van der Waals surface area contributed by atoms with Crippen LogP contribution in [0.1, 0.15) is 18.4 Å². The van der Waals surface area contributed by atoms with Crippen LogP contribution in [0.15, 0.2) is 53.7 Å². The molecule has 2 aromatic rings. The Balaban J connectivity index is 2.29. The fourth-order valence-corrected chi connectivity index (χ4v) is 2.02. The second-order valence-electron chi connectivity index (χ2n) is 4.50. The summed E-state index contributed by atoms with van der Waals surface area (Å²) in [5, 5.41) is 20.6. The molecule has 0 spiro atoms. The van der Waals surface area contributed by atoms with Crippen molar-refractivity contribution < 1.29 is 19.5 Å². The van der Waals surface area contributed by atoms with E-state index in [4.69, 9.17) is 10.3 Å². The monoisotopic (exact) mass is 287 g/mol. The van der Waals surface area contributed by atoms with Crippen molar-refractivity contribution in [3.05, 3.63) is 59.9 Å². The number of hydrogen-bond acceptors (Lipinski definition) is 3. The molecule has 0 radical (unpaired) electrons. The van der Waals surface area contributed by atoms with Crippen LogP contribution in [0, 0.1) is 5.82 Å². The fourth-order valence-electron chi connectivity index (χ4n) is 2.02. The van der Waals surface area contributed by atoms with E-state index in [-0.39, 0.29) is 24.1 Å². The van der Waals surface area contributed by atoms with Crippen LogP contribution in [0.4, 0.5) is 4.39 Å². The van der Waals surface area contributed by atoms with Gasteiger partial charge in [0.25, 0.3) is 0 Å². The van der Waals surface area contributed by atoms with E-state index in [2.05, 4.69) is 5.16 Å². The molecule has 0 amide bonds. The van der Waals surface area contributed by atoms with E-state index in [1.807, 2.05) is 30.3 Å². The number of oxime groups is 1. The van der Waals surface area contributed by atoms with Crippen molar-refractivity contribution in [3.8, 4) is 11.1 Å². The van der Waals surface area contributed by atoms with Gasteiger partial charge < -0.3 is 10.3 Å². The molecule has 0 aromatic heterocycles. The lowest BCUT2D eigenvalue weighted by Gasteiger charge is -2.07. The normalized spacial score (nSPS) is 11.4. The van der Waals surface area contributed by atoms with Crippen LogP contribution < -0.4 is 0 Å². The molecule has 2 N–H and O–H groups in total. The lowest BCUT2D eigenvalue weighted by atomic mass is 10.00. The number of carboxylic acid groups (broad SMARTS) is 1. The van der Waals surface area contributed by atoms with E-state index in [0.717, 1.165) is 5.56 Å². The highest BCUT2D eigenvalue weighted by Crippen LogP contribution is 2.22. The van der Waals surface area contributed by atoms with Crippen LogP contribution in [0.2, 0.25) is 0 Å². The molecular weight excluding hydrogens is 273 g/mol. The van der Waals surface area contributed by atoms with Gasteiger partial charge in [0, 0.05) is 12.0 Å². The number of nitrogens with zero attached hydrogens (tertiary/aromatic N) is 1. The molecule has 0 heterocycles. The second kappa shape index (κ2) is 6.65. The first-order chi connectivity index (χ1) is 10.1. The third kappa shape index (κ3) is 3.66. The van der Waals surface area contributed by atoms with Crippen molar-refractivity contribution in [3.63, 3.8) is 0 Å². The minimum absolute atomic E-state index is 0.0227. The molecule has 0 aliphatic heterocycles. The molecular formula is C16H14FNO3. The van der Waals surface area contributed by atoms with Gasteiger partial charge in [-0.15, -0.1) is 0 Å². The molecule has 0 unspecified atom stereocenters. The zero-order valence-electron chi connectivity index (χ0n) is 11.2. The molecule has 2 aromatic carbocycles. The van der Waals surface area contributed by atoms with Gasteiger partial charge in [-0.2, -0.15) is 0 Å². The van der Waals surface area contributed by atoms with E-state index in [1.54, 1.807) is 6.07 Å². The highest BCUT2D eigenvalue weighted by Gasteiger charge is 2.13. The van der Waals surface area contributed by atoms with E-state index in [0.29, 0.717) is 5.56 Å². The Morgan fingerprint density at radius 2 is 1.76 bits per heavy atom. The summed E-state index contributed by atoms with van der Waals surface area (Å²) in [6.45, 7) is 0. The minimum Gasteiger partial charge on any atom is -0.481 e. The van der Waals surface area contributed by atoms with Gasteiger partial charge >= 0.3 is 5.97 Å². The minimum atomic E-state index is -1.03. The third-order valence-electron chi connectivity index (χ3n) is 3.08. The number of benzene rings is 2. The predicted octanol–water partition coefficient (Wildman–Crippen LogP) is 3.54. The third-order valence-corrected chi connectivity index (χ3v) is 3.08. The van der Waals surface area contributed by atoms with Crippen LogP contribution in [-0.2, 0) is 4.79 Å². The fraction of sp³-hybridized carbons (Fsp3) is 0.125. The Morgan fingerprint density at radius 1 is 1.05 bits per heavy atom. The zero-order valence-corrected chi connectivity index (χ0v) is 11.2. The molecule has 0 aliphatic carbocycles. The van der Waals surface area contributed by atoms with Crippen LogP contribution in [0.3, 0.4) is 0 Å². The van der Waals surface area contributed by atoms with Gasteiger partial charge in [0.05, 0.1) is 12.1 Å². The maximum atomic E-state index is 14.2. The average molecular weight is 287 g/mol. The lowest BCUT2D eigenvalue weighted by molar-refractivity contribution is -0.136. The molecule has 0 aliphatic rings. The van der Waals surface area contributed by atoms with Crippen molar-refractivity contribution in [1.82, 2.24) is 0 Å². The first-order valence-electron chi connectivity index (χ1n) is 6.40. The Morgan fingerprint density at radius 3 is 2.33 bits per heavy atom. The van der Waals surface area contributed by atoms with Gasteiger partial charge in [-0.3, -0.25) is 4.79 Å². The second-order valence-corrected chi connectivity index (χ2v) is 4.50. The van der Waals surface area contributed by atoms with E-state index >= 15 is 0 Å². The lowest BCUT2D eigenvalue weighted by Crippen LogP contribution is -2.07. The SMILES string of the molecule is O=C(O)CC/C(=N\O)c1ccc(-c2ccccc2)cc1F. The van der Waals surface area contributed by atoms with E-state index in [9.17, 15) is 9.18 Å². The maximum Gasteiger partial charge on any atom is 0.303 e. The highest BCUT2D eigenvalue weighted by molar-refractivity contribution is 6.01. The van der Waals surface area contributed by atoms with Gasteiger partial charge in [0.2, 0.25) is 0 Å². The molecule has 4 nitrogen and oxygen atoms in total. The van der Waals surface area contributed by atoms with Crippen LogP contribution in [-0.4, -0.2) is 22.0 Å². The summed E-state index contributed by atoms with van der Waals surface area (Å²) >= 11 is 0. The van der Waals surface area contributed by atoms with Crippen molar-refractivity contribution in [1.29, 1.82) is 0 Å². The summed E-state index contributed by atoms with van der Waals surface area (Å²) in [7, 11) is 0. The van der Waals surface area contributed by atoms with Crippen molar-refractivity contribution in [2.75, 3.05) is 0 Å². The van der Waals surface area contributed by atoms with E-state index in [1.165, 1.54) is 12.1 Å². The smallest absolute Gasteiger partial charge is 0.303 e. The Hall–Kier alpha value is -2.69. The van der Waals surface area contributed by atoms with Gasteiger partial charge in [-0.1, -0.05) is 41.6 Å². The van der Waals surface area contributed by atoms with Crippen LogP contribution in [0.25, 0.3) is 11.1 Å². The summed E-state index contributed by atoms with van der Waals surface area (Å²) in [5.74, 6) is -1.58. The summed E-state index contributed by atoms with van der Waals surface area (Å²) < 4.78 is 14.2. The molecule has 0 bridgehead atoms. The quantitative estimate of drug-likeness (QED) is 0.502. The number of hydrogen-bond donors (Lipinski definition) is 2. The number of rotatable bonds is 5. The predicted molar refractivity (Wildman–Crippen MR) is 77.0 cm³/mol. The van der Waals surface area contributed by atoms with Gasteiger partial charge in [-0.05, 0) is 23.3 Å². The average Bonchev–Trinajstić information content (AvgIpc) is 2.49. The van der Waals surface area contributed by atoms with E-state index < -0.39 is 11.8 Å². The topological polar surface area (TPSA) is 69.9 Å². The van der Waals surface area contributed by atoms with Crippen molar-refractivity contribution in [2.24, 2.45) is 5.16 Å². The van der Waals surface area contributed by atoms with Crippen molar-refractivity contribution in [2.45, 2.75) is 12.8 Å². The van der Waals surface area contributed by atoms with Gasteiger partial charge in [-0.25, -0.2) is 4.39 Å². The molecule has 108 valence electrons. The molecule has 21 heavy (non-hydrogen) atoms. The first kappa shape index (κ1) is 14.7. The molecule has 0 fully saturated rings. The summed E-state index contributed by atoms with van der Waals surface area (Å²) in [4.78, 5) is 10.5. The van der Waals surface area contributed by atoms with Crippen LogP contribution >= 0.6 is 0 Å². The zero-order chi connectivity index (χ0) is 15.2. The molecule has 5 heteroatoms. The summed E-state index contributed by atoms with van der Waals surface area (Å²) in [5.41, 5.74) is 1.70. The maximum absolute atomic E-state index is 14.2. The molecule has 0 saturated carbocycles. The van der Waals surface area contributed by atoms with Crippen LogP contribution in [0.5, 0.6) is 0 Å². The molecule has 0 saturated heterocycles. The van der Waals surface area contributed by atoms with Crippen molar-refractivity contribution >= 4 is 11.7 Å². The number of carboxylic acids is 1. The standard InChI is InChI=1S/C16H14FNO3/c17-14-10-12(11-4-2-1-3-5-11)6-7-13(14)15(18-21)8-9-16(19)20/h1-7,10,21H,8-9H2,(H,19,20)/b18-15+. The van der Waals surface area contributed by atoms with Gasteiger partial charge in [0.15, 0.2) is 0 Å². The number of carbonyl (C=O) groups is 1. The largest absolute Gasteiger partial charge is 0.481 e. The Bertz CT molecular complexity index is 668. The summed E-state index contributed by atoms with van der Waals surface area (Å²) in [6.07, 6.45) is -0.257. The Labute approximate surface area is 121 Å². The first-order valence-corrected chi connectivity index (χ1v) is 6.40. The molecule has 0 atom stereocenters. The number of aliphatic carboxylic acids is 1.